The summed E-state index contributed by atoms with van der Waals surface area (Å²) in [6.45, 7) is 2.71. The number of carbonyl (C=O) groups is 1. The van der Waals surface area contributed by atoms with Crippen molar-refractivity contribution in [2.75, 3.05) is 34.3 Å². The third-order valence-electron chi connectivity index (χ3n) is 4.73. The summed E-state index contributed by atoms with van der Waals surface area (Å²) in [6, 6.07) is 16.8. The van der Waals surface area contributed by atoms with Crippen LogP contribution in [0.1, 0.15) is 22.7 Å². The number of nitrogens with zero attached hydrogens (tertiary/aromatic N) is 2. The second-order valence-corrected chi connectivity index (χ2v) is 7.01. The molecule has 0 bridgehead atoms. The predicted octanol–water partition coefficient (Wildman–Crippen LogP) is 2.43. The zero-order valence-corrected chi connectivity index (χ0v) is 15.7. The monoisotopic (exact) mass is 353 g/mol. The number of ether oxygens (including phenoxy) is 1. The summed E-state index contributed by atoms with van der Waals surface area (Å²) in [4.78, 5) is 15.7. The number of benzene rings is 2. The van der Waals surface area contributed by atoms with E-state index >= 15 is 0 Å². The van der Waals surface area contributed by atoms with Gasteiger partial charge in [0, 0.05) is 45.3 Å². The number of nitrogens with one attached hydrogen (secondary N) is 1. The van der Waals surface area contributed by atoms with E-state index in [4.69, 9.17) is 4.74 Å². The molecule has 1 unspecified atom stereocenters. The molecule has 0 spiro atoms. The minimum Gasteiger partial charge on any atom is -0.483 e. The van der Waals surface area contributed by atoms with Crippen LogP contribution in [-0.4, -0.2) is 50.0 Å². The van der Waals surface area contributed by atoms with Gasteiger partial charge in [0.2, 0.25) is 0 Å². The summed E-state index contributed by atoms with van der Waals surface area (Å²) < 4.78 is 5.75. The number of para-hydroxylation sites is 1. The lowest BCUT2D eigenvalue weighted by Gasteiger charge is -2.33. The lowest BCUT2D eigenvalue weighted by molar-refractivity contribution is -0.130. The van der Waals surface area contributed by atoms with Gasteiger partial charge in [0.05, 0.1) is 0 Å². The smallest absolute Gasteiger partial charge is 0.259 e. The topological polar surface area (TPSA) is 44.8 Å². The Morgan fingerprint density at radius 1 is 1.19 bits per heavy atom. The summed E-state index contributed by atoms with van der Waals surface area (Å²) in [5.74, 6) is 0.711. The zero-order valence-electron chi connectivity index (χ0n) is 15.7. The number of likely N-dealkylation sites (N-methyl/N-ethyl adjacent to an activating group) is 2. The molecule has 0 aromatic heterocycles. The van der Waals surface area contributed by atoms with Crippen LogP contribution in [-0.2, 0) is 17.9 Å². The molecule has 0 aliphatic carbocycles. The molecule has 5 heteroatoms. The van der Waals surface area contributed by atoms with Gasteiger partial charge in [-0.05, 0) is 24.2 Å². The minimum absolute atomic E-state index is 0.0457. The van der Waals surface area contributed by atoms with Crippen LogP contribution in [0.25, 0.3) is 0 Å². The van der Waals surface area contributed by atoms with Crippen molar-refractivity contribution in [2.45, 2.75) is 19.1 Å². The van der Waals surface area contributed by atoms with E-state index in [1.165, 1.54) is 16.0 Å². The Kier molecular flexibility index (Phi) is 5.91. The highest BCUT2D eigenvalue weighted by Crippen LogP contribution is 2.26. The fraction of sp³-hybridized carbons (Fsp3) is 0.381. The predicted molar refractivity (Wildman–Crippen MR) is 103 cm³/mol. The lowest BCUT2D eigenvalue weighted by Crippen LogP contribution is -2.37. The fourth-order valence-corrected chi connectivity index (χ4v) is 3.25. The Labute approximate surface area is 155 Å². The lowest BCUT2D eigenvalue weighted by atomic mass is 9.95. The number of rotatable bonds is 6. The number of fused-ring (bicyclic) bond motifs is 1. The maximum atomic E-state index is 11.8. The number of carbonyl (C=O) groups excluding carboxylic acids is 1. The van der Waals surface area contributed by atoms with E-state index in [1.54, 1.807) is 14.1 Å². The molecule has 1 amide bonds. The van der Waals surface area contributed by atoms with Crippen molar-refractivity contribution >= 4 is 5.91 Å². The molecule has 1 aliphatic heterocycles. The molecule has 2 aromatic carbocycles. The first-order valence-corrected chi connectivity index (χ1v) is 8.95. The van der Waals surface area contributed by atoms with Crippen LogP contribution < -0.4 is 10.1 Å². The quantitative estimate of drug-likeness (QED) is 0.866. The van der Waals surface area contributed by atoms with Crippen molar-refractivity contribution < 1.29 is 9.53 Å². The van der Waals surface area contributed by atoms with Crippen molar-refractivity contribution in [3.8, 4) is 5.75 Å². The van der Waals surface area contributed by atoms with E-state index in [1.807, 2.05) is 24.3 Å². The summed E-state index contributed by atoms with van der Waals surface area (Å²) in [6.07, 6.45) is 0. The molecule has 0 radical (unpaired) electrons. The number of hydrogen-bond donors (Lipinski definition) is 1. The van der Waals surface area contributed by atoms with Crippen LogP contribution in [0.2, 0.25) is 0 Å². The van der Waals surface area contributed by atoms with E-state index in [0.29, 0.717) is 6.54 Å². The molecular weight excluding hydrogens is 326 g/mol. The van der Waals surface area contributed by atoms with Gasteiger partial charge in [0.25, 0.3) is 5.91 Å². The van der Waals surface area contributed by atoms with Gasteiger partial charge in [-0.1, -0.05) is 42.5 Å². The number of amides is 1. The normalized spacial score (nSPS) is 16.8. The van der Waals surface area contributed by atoms with E-state index in [2.05, 4.69) is 41.5 Å². The van der Waals surface area contributed by atoms with E-state index in [-0.39, 0.29) is 18.6 Å². The van der Waals surface area contributed by atoms with Crippen LogP contribution in [0.5, 0.6) is 5.75 Å². The van der Waals surface area contributed by atoms with Gasteiger partial charge in [-0.2, -0.15) is 0 Å². The van der Waals surface area contributed by atoms with Crippen LogP contribution in [0, 0.1) is 0 Å². The van der Waals surface area contributed by atoms with Crippen LogP contribution in [0.15, 0.2) is 48.5 Å². The van der Waals surface area contributed by atoms with Gasteiger partial charge in [0.15, 0.2) is 6.61 Å². The summed E-state index contributed by atoms with van der Waals surface area (Å²) >= 11 is 0. The van der Waals surface area contributed by atoms with Gasteiger partial charge in [-0.15, -0.1) is 0 Å². The molecule has 1 atom stereocenters. The van der Waals surface area contributed by atoms with Gasteiger partial charge in [-0.25, -0.2) is 0 Å². The van der Waals surface area contributed by atoms with Crippen LogP contribution in [0.4, 0.5) is 0 Å². The van der Waals surface area contributed by atoms with Crippen LogP contribution >= 0.6 is 0 Å². The molecule has 1 aliphatic rings. The maximum Gasteiger partial charge on any atom is 0.259 e. The van der Waals surface area contributed by atoms with Gasteiger partial charge in [0.1, 0.15) is 5.75 Å². The Morgan fingerprint density at radius 3 is 2.73 bits per heavy atom. The summed E-state index contributed by atoms with van der Waals surface area (Å²) in [5.41, 5.74) is 3.80. The van der Waals surface area contributed by atoms with E-state index in [9.17, 15) is 4.79 Å². The van der Waals surface area contributed by atoms with Gasteiger partial charge in [-0.3, -0.25) is 4.79 Å². The maximum absolute atomic E-state index is 11.8. The molecule has 0 fully saturated rings. The molecule has 1 N–H and O–H groups in total. The largest absolute Gasteiger partial charge is 0.483 e. The standard InChI is InChI=1S/C21H27N3O2/c1-23(2)21(25)15-26-20-11-7-5-8-16(20)12-22-19-14-24(3)13-17-9-4-6-10-18(17)19/h4-11,19,22H,12-15H2,1-3H3. The summed E-state index contributed by atoms with van der Waals surface area (Å²) in [7, 11) is 5.61. The van der Waals surface area contributed by atoms with Crippen molar-refractivity contribution in [3.63, 3.8) is 0 Å². The molecule has 26 heavy (non-hydrogen) atoms. The van der Waals surface area contributed by atoms with Gasteiger partial charge >= 0.3 is 0 Å². The van der Waals surface area contributed by atoms with Crippen molar-refractivity contribution in [1.29, 1.82) is 0 Å². The molecule has 138 valence electrons. The molecule has 5 nitrogen and oxygen atoms in total. The third-order valence-corrected chi connectivity index (χ3v) is 4.73. The molecule has 1 heterocycles. The van der Waals surface area contributed by atoms with E-state index in [0.717, 1.165) is 24.4 Å². The van der Waals surface area contributed by atoms with Crippen molar-refractivity contribution in [1.82, 2.24) is 15.1 Å². The summed E-state index contributed by atoms with van der Waals surface area (Å²) in [5, 5.41) is 3.66. The first-order valence-electron chi connectivity index (χ1n) is 8.95. The SMILES string of the molecule is CN1Cc2ccccc2C(NCc2ccccc2OCC(=O)N(C)C)C1. The van der Waals surface area contributed by atoms with Crippen molar-refractivity contribution in [2.24, 2.45) is 0 Å². The molecule has 0 saturated heterocycles. The molecular formula is C21H27N3O2. The average Bonchev–Trinajstić information content (AvgIpc) is 2.64. The third kappa shape index (κ3) is 4.42. The Balaban J connectivity index is 1.68. The molecule has 0 saturated carbocycles. The highest BCUT2D eigenvalue weighted by molar-refractivity contribution is 5.77. The molecule has 2 aromatic rings. The first-order chi connectivity index (χ1) is 12.5. The number of hydrogen-bond acceptors (Lipinski definition) is 4. The minimum atomic E-state index is -0.0457. The highest BCUT2D eigenvalue weighted by Gasteiger charge is 2.22. The fourth-order valence-electron chi connectivity index (χ4n) is 3.25. The van der Waals surface area contributed by atoms with E-state index < -0.39 is 0 Å². The molecule has 3 rings (SSSR count). The second-order valence-electron chi connectivity index (χ2n) is 7.01. The second kappa shape index (κ2) is 8.34. The Hall–Kier alpha value is -2.37. The Morgan fingerprint density at radius 2 is 1.92 bits per heavy atom. The average molecular weight is 353 g/mol. The highest BCUT2D eigenvalue weighted by atomic mass is 16.5. The van der Waals surface area contributed by atoms with Crippen molar-refractivity contribution in [3.05, 3.63) is 65.2 Å². The first kappa shape index (κ1) is 18.4. The zero-order chi connectivity index (χ0) is 18.5. The Bertz CT molecular complexity index is 760. The van der Waals surface area contributed by atoms with Crippen LogP contribution in [0.3, 0.4) is 0 Å². The van der Waals surface area contributed by atoms with Gasteiger partial charge < -0.3 is 19.9 Å².